The lowest BCUT2D eigenvalue weighted by Crippen LogP contribution is -2.40. The summed E-state index contributed by atoms with van der Waals surface area (Å²) < 4.78 is 42.6. The molecule has 1 fully saturated rings. The van der Waals surface area contributed by atoms with Crippen molar-refractivity contribution in [2.24, 2.45) is 0 Å². The van der Waals surface area contributed by atoms with Crippen molar-refractivity contribution in [3.63, 3.8) is 0 Å². The number of anilines is 1. The number of rotatable bonds is 7. The highest BCUT2D eigenvalue weighted by molar-refractivity contribution is 7.17. The lowest BCUT2D eigenvalue weighted by atomic mass is 9.90. The van der Waals surface area contributed by atoms with Gasteiger partial charge in [-0.2, -0.15) is 13.9 Å². The first-order valence-electron chi connectivity index (χ1n) is 11.4. The van der Waals surface area contributed by atoms with Crippen molar-refractivity contribution in [3.05, 3.63) is 53.5 Å². The largest absolute Gasteiger partial charge is 0.382 e. The number of hydrogen-bond acceptors (Lipinski definition) is 4. The molecule has 6 nitrogen and oxygen atoms in total. The van der Waals surface area contributed by atoms with Gasteiger partial charge in [0.15, 0.2) is 0 Å². The highest BCUT2D eigenvalue weighted by atomic mass is 31.0. The molecule has 0 aliphatic heterocycles. The minimum absolute atomic E-state index is 0.000775. The van der Waals surface area contributed by atoms with Crippen LogP contribution in [0.5, 0.6) is 0 Å². The SMILES string of the molecule is Cc1ccc2nc(C(F)(F)P)cc(NC3CCC(NC(=O)c4ccn(CC(C)F)n4)CC3)c2c1. The van der Waals surface area contributed by atoms with E-state index in [-0.39, 0.29) is 35.9 Å². The summed E-state index contributed by atoms with van der Waals surface area (Å²) in [4.78, 5) is 16.7. The topological polar surface area (TPSA) is 71.8 Å². The van der Waals surface area contributed by atoms with Crippen LogP contribution in [0.1, 0.15) is 54.4 Å². The number of pyridine rings is 1. The maximum absolute atomic E-state index is 14.0. The van der Waals surface area contributed by atoms with E-state index >= 15 is 0 Å². The number of hydrogen-bond donors (Lipinski definition) is 2. The molecule has 0 radical (unpaired) electrons. The van der Waals surface area contributed by atoms with E-state index in [0.29, 0.717) is 11.2 Å². The minimum Gasteiger partial charge on any atom is -0.382 e. The summed E-state index contributed by atoms with van der Waals surface area (Å²) in [5, 5.41) is 11.4. The second kappa shape index (κ2) is 9.90. The number of amides is 1. The van der Waals surface area contributed by atoms with Gasteiger partial charge in [-0.25, -0.2) is 9.37 Å². The van der Waals surface area contributed by atoms with Crippen molar-refractivity contribution in [2.75, 3.05) is 5.32 Å². The Labute approximate surface area is 198 Å². The minimum atomic E-state index is -3.12. The van der Waals surface area contributed by atoms with Crippen LogP contribution in [-0.2, 0) is 12.2 Å². The summed E-state index contributed by atoms with van der Waals surface area (Å²) in [6.45, 7) is 3.51. The Bertz CT molecular complexity index is 1170. The summed E-state index contributed by atoms with van der Waals surface area (Å²) in [5.41, 5.74) is -0.949. The maximum atomic E-state index is 14.0. The fourth-order valence-corrected chi connectivity index (χ4v) is 4.48. The molecule has 1 amide bonds. The predicted octanol–water partition coefficient (Wildman–Crippen LogP) is 5.18. The third kappa shape index (κ3) is 5.87. The quantitative estimate of drug-likeness (QED) is 0.447. The fraction of sp³-hybridized carbons (Fsp3) is 0.458. The first-order chi connectivity index (χ1) is 16.1. The monoisotopic (exact) mass is 491 g/mol. The molecule has 1 aromatic carbocycles. The van der Waals surface area contributed by atoms with Gasteiger partial charge in [0.1, 0.15) is 17.6 Å². The second-order valence-electron chi connectivity index (χ2n) is 9.07. The zero-order chi connectivity index (χ0) is 24.5. The van der Waals surface area contributed by atoms with Gasteiger partial charge in [0.25, 0.3) is 11.6 Å². The number of carbonyl (C=O) groups is 1. The van der Waals surface area contributed by atoms with Gasteiger partial charge < -0.3 is 10.6 Å². The van der Waals surface area contributed by atoms with Gasteiger partial charge in [-0.3, -0.25) is 9.48 Å². The van der Waals surface area contributed by atoms with Gasteiger partial charge in [-0.15, -0.1) is 0 Å². The average molecular weight is 491 g/mol. The molecule has 2 atom stereocenters. The van der Waals surface area contributed by atoms with Gasteiger partial charge >= 0.3 is 0 Å². The molecule has 1 aliphatic rings. The van der Waals surface area contributed by atoms with Gasteiger partial charge in [0.05, 0.1) is 12.1 Å². The van der Waals surface area contributed by atoms with Crippen molar-refractivity contribution in [3.8, 4) is 0 Å². The third-order valence-corrected chi connectivity index (χ3v) is 6.34. The lowest BCUT2D eigenvalue weighted by molar-refractivity contribution is 0.0920. The van der Waals surface area contributed by atoms with Crippen LogP contribution in [0.4, 0.5) is 18.9 Å². The summed E-state index contributed by atoms with van der Waals surface area (Å²) in [6.07, 6.45) is 3.61. The van der Waals surface area contributed by atoms with E-state index in [9.17, 15) is 18.0 Å². The van der Waals surface area contributed by atoms with Crippen LogP contribution in [0, 0.1) is 6.92 Å². The molecule has 182 valence electrons. The smallest absolute Gasteiger partial charge is 0.300 e. The van der Waals surface area contributed by atoms with Gasteiger partial charge in [-0.05, 0) is 63.8 Å². The molecular formula is C24H29F3N5OP. The molecule has 10 heteroatoms. The standard InChI is InChI=1S/C24H29F3N5OP/c1-14-3-8-19-18(11-14)21(12-22(30-19)24(26,27)34)28-16-4-6-17(7-5-16)29-23(33)20-9-10-32(31-20)13-15(2)25/h3,8-12,15-17H,4-7,13,34H2,1-2H3,(H,28,30)(H,29,33). The van der Waals surface area contributed by atoms with E-state index in [1.54, 1.807) is 27.6 Å². The van der Waals surface area contributed by atoms with Crippen LogP contribution in [-0.4, -0.2) is 38.9 Å². The van der Waals surface area contributed by atoms with Gasteiger partial charge in [0, 0.05) is 29.4 Å². The van der Waals surface area contributed by atoms with Crippen LogP contribution in [0.25, 0.3) is 10.9 Å². The first-order valence-corrected chi connectivity index (χ1v) is 12.0. The number of aryl methyl sites for hydroxylation is 1. The van der Waals surface area contributed by atoms with Crippen LogP contribution >= 0.6 is 9.24 Å². The molecule has 2 aromatic heterocycles. The van der Waals surface area contributed by atoms with E-state index in [0.717, 1.165) is 36.6 Å². The zero-order valence-electron chi connectivity index (χ0n) is 19.2. The normalized spacial score (nSPS) is 19.7. The average Bonchev–Trinajstić information content (AvgIpc) is 3.22. The Morgan fingerprint density at radius 1 is 1.21 bits per heavy atom. The molecule has 2 heterocycles. The molecule has 3 aromatic rings. The summed E-state index contributed by atoms with van der Waals surface area (Å²) >= 11 is 0. The molecule has 34 heavy (non-hydrogen) atoms. The zero-order valence-corrected chi connectivity index (χ0v) is 20.3. The molecular weight excluding hydrogens is 462 g/mol. The first kappa shape index (κ1) is 24.5. The van der Waals surface area contributed by atoms with Crippen LogP contribution in [0.15, 0.2) is 36.5 Å². The number of nitrogens with one attached hydrogen (secondary N) is 2. The molecule has 2 N–H and O–H groups in total. The maximum Gasteiger partial charge on any atom is 0.300 e. The number of nitrogens with zero attached hydrogens (tertiary/aromatic N) is 3. The van der Waals surface area contributed by atoms with Crippen molar-refractivity contribution < 1.29 is 18.0 Å². The number of fused-ring (bicyclic) bond motifs is 1. The second-order valence-corrected chi connectivity index (χ2v) is 9.79. The summed E-state index contributed by atoms with van der Waals surface area (Å²) in [5.74, 6) is -0.274. The Hall–Kier alpha value is -2.67. The van der Waals surface area contributed by atoms with Crippen molar-refractivity contribution in [1.82, 2.24) is 20.1 Å². The molecule has 1 aliphatic carbocycles. The van der Waals surface area contributed by atoms with Crippen molar-refractivity contribution in [2.45, 2.75) is 70.0 Å². The van der Waals surface area contributed by atoms with Crippen LogP contribution in [0.3, 0.4) is 0 Å². The van der Waals surface area contributed by atoms with Gasteiger partial charge in [0.2, 0.25) is 0 Å². The molecule has 0 spiro atoms. The number of carbonyl (C=O) groups excluding carboxylic acids is 1. The van der Waals surface area contributed by atoms with Crippen LogP contribution in [0.2, 0.25) is 0 Å². The molecule has 2 unspecified atom stereocenters. The van der Waals surface area contributed by atoms with Crippen molar-refractivity contribution in [1.29, 1.82) is 0 Å². The van der Waals surface area contributed by atoms with Crippen molar-refractivity contribution >= 4 is 31.7 Å². The number of benzene rings is 1. The fourth-order valence-electron chi connectivity index (χ4n) is 4.33. The Morgan fingerprint density at radius 3 is 2.59 bits per heavy atom. The third-order valence-electron chi connectivity index (χ3n) is 6.04. The highest BCUT2D eigenvalue weighted by Gasteiger charge is 2.29. The van der Waals surface area contributed by atoms with E-state index < -0.39 is 11.8 Å². The summed E-state index contributed by atoms with van der Waals surface area (Å²) in [7, 11) is 1.55. The highest BCUT2D eigenvalue weighted by Crippen LogP contribution is 2.37. The molecule has 0 saturated heterocycles. The Kier molecular flexibility index (Phi) is 7.12. The van der Waals surface area contributed by atoms with E-state index in [2.05, 4.69) is 20.7 Å². The molecule has 1 saturated carbocycles. The molecule has 4 rings (SSSR count). The van der Waals surface area contributed by atoms with E-state index in [1.807, 2.05) is 19.1 Å². The van der Waals surface area contributed by atoms with E-state index in [1.165, 1.54) is 17.7 Å². The molecule has 0 bridgehead atoms. The predicted molar refractivity (Wildman–Crippen MR) is 130 cm³/mol. The lowest BCUT2D eigenvalue weighted by Gasteiger charge is -2.30. The van der Waals surface area contributed by atoms with E-state index in [4.69, 9.17) is 0 Å². The van der Waals surface area contributed by atoms with Gasteiger partial charge in [-0.1, -0.05) is 20.9 Å². The Balaban J connectivity index is 1.40. The number of alkyl halides is 3. The summed E-state index contributed by atoms with van der Waals surface area (Å²) in [6, 6.07) is 8.67. The van der Waals surface area contributed by atoms with Crippen LogP contribution < -0.4 is 10.6 Å². The number of aromatic nitrogens is 3. The Morgan fingerprint density at radius 2 is 1.91 bits per heavy atom. The number of halogens is 3.